The van der Waals surface area contributed by atoms with Crippen molar-refractivity contribution in [1.29, 1.82) is 0 Å². The number of alkyl halides is 3. The third-order valence-corrected chi connectivity index (χ3v) is 4.39. The molecule has 0 bridgehead atoms. The van der Waals surface area contributed by atoms with Crippen LogP contribution in [0.1, 0.15) is 19.8 Å². The molecule has 0 radical (unpaired) electrons. The molecule has 1 atom stereocenters. The second kappa shape index (κ2) is 6.51. The van der Waals surface area contributed by atoms with E-state index in [4.69, 9.17) is 0 Å². The molecule has 8 heteroatoms. The standard InChI is InChI=1S/C15H22F3N5/c1-11-8-22(4-5-23(11)9-15(16,17)18)14-6-13(20-10-21-14)19-7-12-2-3-12/h6,10-12H,2-5,7-9H2,1H3,(H,19,20,21). The number of nitrogens with one attached hydrogen (secondary N) is 1. The first kappa shape index (κ1) is 16.3. The average Bonchev–Trinajstić information content (AvgIpc) is 3.30. The van der Waals surface area contributed by atoms with Crippen molar-refractivity contribution in [2.45, 2.75) is 32.0 Å². The summed E-state index contributed by atoms with van der Waals surface area (Å²) in [5.74, 6) is 2.31. The van der Waals surface area contributed by atoms with Crippen LogP contribution in [-0.4, -0.2) is 59.8 Å². The first-order chi connectivity index (χ1) is 10.9. The van der Waals surface area contributed by atoms with Crippen molar-refractivity contribution in [2.75, 3.05) is 42.9 Å². The fourth-order valence-corrected chi connectivity index (χ4v) is 2.86. The van der Waals surface area contributed by atoms with E-state index in [0.717, 1.165) is 24.1 Å². The molecule has 2 fully saturated rings. The van der Waals surface area contributed by atoms with Crippen LogP contribution in [0.2, 0.25) is 0 Å². The number of rotatable bonds is 5. The van der Waals surface area contributed by atoms with E-state index in [1.807, 2.05) is 17.9 Å². The zero-order chi connectivity index (χ0) is 16.4. The highest BCUT2D eigenvalue weighted by atomic mass is 19.4. The van der Waals surface area contributed by atoms with Gasteiger partial charge in [-0.25, -0.2) is 9.97 Å². The minimum Gasteiger partial charge on any atom is -0.370 e. The molecular formula is C15H22F3N5. The molecule has 2 heterocycles. The largest absolute Gasteiger partial charge is 0.401 e. The quantitative estimate of drug-likeness (QED) is 0.898. The van der Waals surface area contributed by atoms with Crippen molar-refractivity contribution in [3.8, 4) is 0 Å². The Morgan fingerprint density at radius 1 is 1.26 bits per heavy atom. The van der Waals surface area contributed by atoms with Crippen molar-refractivity contribution in [3.05, 3.63) is 12.4 Å². The summed E-state index contributed by atoms with van der Waals surface area (Å²) in [5, 5.41) is 3.30. The van der Waals surface area contributed by atoms with Gasteiger partial charge >= 0.3 is 6.18 Å². The van der Waals surface area contributed by atoms with E-state index in [0.29, 0.717) is 19.6 Å². The lowest BCUT2D eigenvalue weighted by atomic mass is 10.2. The van der Waals surface area contributed by atoms with Crippen molar-refractivity contribution >= 4 is 11.6 Å². The maximum absolute atomic E-state index is 12.6. The molecule has 1 aliphatic heterocycles. The van der Waals surface area contributed by atoms with Gasteiger partial charge in [-0.15, -0.1) is 0 Å². The number of hydrogen-bond acceptors (Lipinski definition) is 5. The van der Waals surface area contributed by atoms with Gasteiger partial charge in [-0.05, 0) is 25.7 Å². The smallest absolute Gasteiger partial charge is 0.370 e. The van der Waals surface area contributed by atoms with Gasteiger partial charge in [0.2, 0.25) is 0 Å². The van der Waals surface area contributed by atoms with Gasteiger partial charge in [-0.2, -0.15) is 13.2 Å². The van der Waals surface area contributed by atoms with Crippen LogP contribution in [0.5, 0.6) is 0 Å². The third-order valence-electron chi connectivity index (χ3n) is 4.39. The lowest BCUT2D eigenvalue weighted by molar-refractivity contribution is -0.150. The molecule has 1 aromatic heterocycles. The summed E-state index contributed by atoms with van der Waals surface area (Å²) in [7, 11) is 0. The normalized spacial score (nSPS) is 23.1. The fourth-order valence-electron chi connectivity index (χ4n) is 2.86. The van der Waals surface area contributed by atoms with Crippen LogP contribution in [0.3, 0.4) is 0 Å². The van der Waals surface area contributed by atoms with E-state index in [1.165, 1.54) is 24.1 Å². The van der Waals surface area contributed by atoms with E-state index < -0.39 is 12.7 Å². The van der Waals surface area contributed by atoms with Gasteiger partial charge in [0.15, 0.2) is 0 Å². The van der Waals surface area contributed by atoms with Gasteiger partial charge in [0.25, 0.3) is 0 Å². The molecule has 1 saturated carbocycles. The molecule has 0 aromatic carbocycles. The summed E-state index contributed by atoms with van der Waals surface area (Å²) in [6.45, 7) is 3.36. The van der Waals surface area contributed by atoms with E-state index in [-0.39, 0.29) is 6.04 Å². The second-order valence-electron chi connectivity index (χ2n) is 6.47. The van der Waals surface area contributed by atoms with E-state index in [2.05, 4.69) is 15.3 Å². The Bertz CT molecular complexity index is 532. The lowest BCUT2D eigenvalue weighted by Gasteiger charge is -2.40. The molecule has 1 N–H and O–H groups in total. The van der Waals surface area contributed by atoms with Crippen molar-refractivity contribution in [3.63, 3.8) is 0 Å². The Balaban J connectivity index is 1.58. The maximum atomic E-state index is 12.6. The Morgan fingerprint density at radius 2 is 2.04 bits per heavy atom. The number of hydrogen-bond donors (Lipinski definition) is 1. The predicted molar refractivity (Wildman–Crippen MR) is 82.5 cm³/mol. The average molecular weight is 329 g/mol. The van der Waals surface area contributed by atoms with Crippen LogP contribution in [-0.2, 0) is 0 Å². The van der Waals surface area contributed by atoms with Crippen LogP contribution >= 0.6 is 0 Å². The maximum Gasteiger partial charge on any atom is 0.401 e. The van der Waals surface area contributed by atoms with E-state index in [1.54, 1.807) is 0 Å². The zero-order valence-electron chi connectivity index (χ0n) is 13.2. The monoisotopic (exact) mass is 329 g/mol. The van der Waals surface area contributed by atoms with Crippen molar-refractivity contribution < 1.29 is 13.2 Å². The molecular weight excluding hydrogens is 307 g/mol. The number of anilines is 2. The number of nitrogens with zero attached hydrogens (tertiary/aromatic N) is 4. The molecule has 1 saturated heterocycles. The Labute approximate surface area is 133 Å². The van der Waals surface area contributed by atoms with Gasteiger partial charge in [-0.1, -0.05) is 0 Å². The van der Waals surface area contributed by atoms with Crippen LogP contribution in [0.15, 0.2) is 12.4 Å². The highest BCUT2D eigenvalue weighted by Gasteiger charge is 2.35. The van der Waals surface area contributed by atoms with Gasteiger partial charge in [0, 0.05) is 38.3 Å². The summed E-state index contributed by atoms with van der Waals surface area (Å²) in [6.07, 6.45) is -0.101. The highest BCUT2D eigenvalue weighted by Crippen LogP contribution is 2.29. The van der Waals surface area contributed by atoms with Crippen molar-refractivity contribution in [1.82, 2.24) is 14.9 Å². The Hall–Kier alpha value is -1.57. The first-order valence-electron chi connectivity index (χ1n) is 8.02. The summed E-state index contributed by atoms with van der Waals surface area (Å²) in [4.78, 5) is 12.0. The molecule has 128 valence electrons. The van der Waals surface area contributed by atoms with Crippen LogP contribution in [0.25, 0.3) is 0 Å². The molecule has 2 aliphatic rings. The lowest BCUT2D eigenvalue weighted by Crippen LogP contribution is -2.54. The summed E-state index contributed by atoms with van der Waals surface area (Å²) in [6, 6.07) is 1.72. The second-order valence-corrected chi connectivity index (χ2v) is 6.47. The summed E-state index contributed by atoms with van der Waals surface area (Å²) >= 11 is 0. The highest BCUT2D eigenvalue weighted by molar-refractivity contribution is 5.49. The summed E-state index contributed by atoms with van der Waals surface area (Å²) < 4.78 is 37.7. The van der Waals surface area contributed by atoms with Crippen LogP contribution < -0.4 is 10.2 Å². The summed E-state index contributed by atoms with van der Waals surface area (Å²) in [5.41, 5.74) is 0. The van der Waals surface area contributed by atoms with Gasteiger partial charge < -0.3 is 10.2 Å². The van der Waals surface area contributed by atoms with E-state index >= 15 is 0 Å². The van der Waals surface area contributed by atoms with E-state index in [9.17, 15) is 13.2 Å². The minimum atomic E-state index is -4.15. The number of aromatic nitrogens is 2. The zero-order valence-corrected chi connectivity index (χ0v) is 13.2. The molecule has 0 spiro atoms. The Morgan fingerprint density at radius 3 is 2.70 bits per heavy atom. The van der Waals surface area contributed by atoms with Crippen LogP contribution in [0.4, 0.5) is 24.8 Å². The van der Waals surface area contributed by atoms with Crippen molar-refractivity contribution in [2.24, 2.45) is 5.92 Å². The Kier molecular flexibility index (Phi) is 4.61. The van der Waals surface area contributed by atoms with Gasteiger partial charge in [0.1, 0.15) is 18.0 Å². The third kappa shape index (κ3) is 4.70. The number of halogens is 3. The molecule has 23 heavy (non-hydrogen) atoms. The molecule has 1 unspecified atom stereocenters. The topological polar surface area (TPSA) is 44.3 Å². The molecule has 3 rings (SSSR count). The molecule has 0 amide bonds. The minimum absolute atomic E-state index is 0.164. The molecule has 1 aliphatic carbocycles. The van der Waals surface area contributed by atoms with Crippen LogP contribution in [0, 0.1) is 5.92 Å². The first-order valence-corrected chi connectivity index (χ1v) is 8.02. The van der Waals surface area contributed by atoms with Gasteiger partial charge in [0.05, 0.1) is 6.54 Å². The molecule has 5 nitrogen and oxygen atoms in total. The SMILES string of the molecule is CC1CN(c2cc(NCC3CC3)ncn2)CCN1CC(F)(F)F. The fraction of sp³-hybridized carbons (Fsp3) is 0.733. The van der Waals surface area contributed by atoms with Gasteiger partial charge in [-0.3, -0.25) is 4.90 Å². The number of piperazine rings is 1. The molecule has 1 aromatic rings. The predicted octanol–water partition coefficient (Wildman–Crippen LogP) is 2.37.